The van der Waals surface area contributed by atoms with E-state index >= 15 is 0 Å². The van der Waals surface area contributed by atoms with Gasteiger partial charge in [-0.2, -0.15) is 9.97 Å². The van der Waals surface area contributed by atoms with Crippen molar-refractivity contribution >= 4 is 34.9 Å². The number of rotatable bonds is 5. The predicted molar refractivity (Wildman–Crippen MR) is 137 cm³/mol. The van der Waals surface area contributed by atoms with Gasteiger partial charge in [0.15, 0.2) is 5.11 Å². The van der Waals surface area contributed by atoms with Gasteiger partial charge in [0.1, 0.15) is 11.6 Å². The zero-order valence-corrected chi connectivity index (χ0v) is 20.4. The van der Waals surface area contributed by atoms with Crippen LogP contribution in [0.5, 0.6) is 0 Å². The fourth-order valence-corrected chi connectivity index (χ4v) is 4.97. The van der Waals surface area contributed by atoms with E-state index in [0.29, 0.717) is 29.4 Å². The number of nitrogens with zero attached hydrogens (tertiary/aromatic N) is 4. The van der Waals surface area contributed by atoms with Gasteiger partial charge in [-0.1, -0.05) is 43.7 Å². The Balaban J connectivity index is 1.50. The fourth-order valence-electron chi connectivity index (χ4n) is 4.81. The Bertz CT molecular complexity index is 899. The van der Waals surface area contributed by atoms with Crippen molar-refractivity contribution in [3.63, 3.8) is 0 Å². The van der Waals surface area contributed by atoms with E-state index in [-0.39, 0.29) is 0 Å². The van der Waals surface area contributed by atoms with E-state index in [4.69, 9.17) is 22.2 Å². The zero-order valence-electron chi connectivity index (χ0n) is 19.6. The van der Waals surface area contributed by atoms with E-state index < -0.39 is 0 Å². The maximum atomic E-state index is 5.57. The van der Waals surface area contributed by atoms with Crippen molar-refractivity contribution < 1.29 is 0 Å². The third-order valence-electron chi connectivity index (χ3n) is 6.37. The van der Waals surface area contributed by atoms with Crippen LogP contribution in [0.2, 0.25) is 0 Å². The molecule has 4 rings (SSSR count). The second-order valence-corrected chi connectivity index (χ2v) is 10.0. The lowest BCUT2D eigenvalue weighted by molar-refractivity contribution is 0.355. The molecule has 1 aromatic heterocycles. The molecule has 0 spiro atoms. The van der Waals surface area contributed by atoms with E-state index in [1.54, 1.807) is 0 Å². The molecule has 2 atom stereocenters. The van der Waals surface area contributed by atoms with Gasteiger partial charge >= 0.3 is 0 Å². The Hall–Kier alpha value is -2.41. The molecule has 2 aliphatic rings. The number of thiocarbonyl (C=S) groups is 1. The quantitative estimate of drug-likeness (QED) is 0.635. The average molecular weight is 453 g/mol. The van der Waals surface area contributed by atoms with Crippen molar-refractivity contribution in [3.8, 4) is 0 Å². The number of piperidine rings is 2. The number of benzene rings is 1. The number of hydrogen-bond acceptors (Lipinski definition) is 5. The Morgan fingerprint density at radius 2 is 1.59 bits per heavy atom. The molecule has 0 aliphatic carbocycles. The van der Waals surface area contributed by atoms with Crippen molar-refractivity contribution in [2.24, 2.45) is 11.8 Å². The second-order valence-electron chi connectivity index (χ2n) is 9.60. The Kier molecular flexibility index (Phi) is 7.45. The van der Waals surface area contributed by atoms with Gasteiger partial charge in [-0.25, -0.2) is 0 Å². The molecule has 172 valence electrons. The van der Waals surface area contributed by atoms with Gasteiger partial charge in [0.2, 0.25) is 5.95 Å². The summed E-state index contributed by atoms with van der Waals surface area (Å²) in [6, 6.07) is 10.6. The third kappa shape index (κ3) is 6.09. The summed E-state index contributed by atoms with van der Waals surface area (Å²) in [6.07, 6.45) is 5.01. The van der Waals surface area contributed by atoms with Gasteiger partial charge in [-0.05, 0) is 62.2 Å². The lowest BCUT2D eigenvalue weighted by Crippen LogP contribution is -2.40. The molecule has 0 radical (unpaired) electrons. The van der Waals surface area contributed by atoms with Crippen LogP contribution in [0.4, 0.5) is 17.6 Å². The van der Waals surface area contributed by atoms with E-state index in [0.717, 1.165) is 37.8 Å². The minimum absolute atomic E-state index is 0.549. The zero-order chi connectivity index (χ0) is 22.5. The van der Waals surface area contributed by atoms with Gasteiger partial charge < -0.3 is 20.4 Å². The van der Waals surface area contributed by atoms with Crippen molar-refractivity contribution in [1.29, 1.82) is 0 Å². The number of aromatic nitrogens is 2. The highest BCUT2D eigenvalue weighted by Crippen LogP contribution is 2.29. The van der Waals surface area contributed by atoms with Gasteiger partial charge in [-0.15, -0.1) is 0 Å². The number of nitrogens with one attached hydrogen (secondary N) is 2. The first-order valence-electron chi connectivity index (χ1n) is 12.0. The monoisotopic (exact) mass is 452 g/mol. The number of aryl methyl sites for hydroxylation is 1. The standard InChI is InChI=1S/C25H36N6S/c1-18-7-9-21(10-8-18)15-26-25(32)29-24-27-22(30-11-5-4-6-12-30)14-23(28-24)31-16-19(2)13-20(3)17-31/h7-10,14,19-20H,4-6,11-13,15-17H2,1-3H3,(H2,26,27,28,29,32)/t19-,20-/m0/s1. The van der Waals surface area contributed by atoms with Crippen molar-refractivity contribution in [1.82, 2.24) is 15.3 Å². The van der Waals surface area contributed by atoms with Crippen molar-refractivity contribution in [3.05, 3.63) is 41.5 Å². The van der Waals surface area contributed by atoms with Crippen LogP contribution < -0.4 is 20.4 Å². The molecular formula is C25H36N6S. The normalized spacial score (nSPS) is 21.3. The van der Waals surface area contributed by atoms with Crippen molar-refractivity contribution in [2.45, 2.75) is 53.0 Å². The summed E-state index contributed by atoms with van der Waals surface area (Å²) < 4.78 is 0. The van der Waals surface area contributed by atoms with Crippen LogP contribution in [0.3, 0.4) is 0 Å². The third-order valence-corrected chi connectivity index (χ3v) is 6.62. The Labute approximate surface area is 197 Å². The second kappa shape index (κ2) is 10.5. The highest BCUT2D eigenvalue weighted by Gasteiger charge is 2.25. The minimum Gasteiger partial charge on any atom is -0.358 e. The van der Waals surface area contributed by atoms with Crippen LogP contribution in [0, 0.1) is 18.8 Å². The highest BCUT2D eigenvalue weighted by molar-refractivity contribution is 7.80. The summed E-state index contributed by atoms with van der Waals surface area (Å²) in [5.41, 5.74) is 2.45. The molecule has 2 N–H and O–H groups in total. The van der Waals surface area contributed by atoms with Gasteiger partial charge in [0.25, 0.3) is 0 Å². The van der Waals surface area contributed by atoms with E-state index in [1.807, 2.05) is 0 Å². The van der Waals surface area contributed by atoms with Crippen LogP contribution in [0.1, 0.15) is 50.7 Å². The maximum Gasteiger partial charge on any atom is 0.232 e. The van der Waals surface area contributed by atoms with Crippen LogP contribution in [0.15, 0.2) is 30.3 Å². The van der Waals surface area contributed by atoms with Gasteiger partial charge in [0.05, 0.1) is 0 Å². The minimum atomic E-state index is 0.549. The first-order chi connectivity index (χ1) is 15.5. The highest BCUT2D eigenvalue weighted by atomic mass is 32.1. The molecule has 0 saturated carbocycles. The first kappa shape index (κ1) is 22.8. The molecular weight excluding hydrogens is 416 g/mol. The maximum absolute atomic E-state index is 5.57. The van der Waals surface area contributed by atoms with E-state index in [1.165, 1.54) is 36.8 Å². The molecule has 0 unspecified atom stereocenters. The largest absolute Gasteiger partial charge is 0.358 e. The summed E-state index contributed by atoms with van der Waals surface area (Å²) in [7, 11) is 0. The van der Waals surface area contributed by atoms with Gasteiger partial charge in [-0.3, -0.25) is 0 Å². The lowest BCUT2D eigenvalue weighted by atomic mass is 9.92. The summed E-state index contributed by atoms with van der Waals surface area (Å²) in [5, 5.41) is 7.09. The van der Waals surface area contributed by atoms with E-state index in [9.17, 15) is 0 Å². The molecule has 1 aromatic carbocycles. The number of anilines is 3. The topological polar surface area (TPSA) is 56.3 Å². The smallest absolute Gasteiger partial charge is 0.232 e. The molecule has 2 aromatic rings. The molecule has 7 heteroatoms. The van der Waals surface area contributed by atoms with Crippen LogP contribution in [0.25, 0.3) is 0 Å². The molecule has 32 heavy (non-hydrogen) atoms. The summed E-state index contributed by atoms with van der Waals surface area (Å²) in [6.45, 7) is 11.6. The van der Waals surface area contributed by atoms with E-state index in [2.05, 4.69) is 71.5 Å². The molecule has 2 aliphatic heterocycles. The molecule has 3 heterocycles. The Morgan fingerprint density at radius 1 is 0.969 bits per heavy atom. The summed E-state index contributed by atoms with van der Waals surface area (Å²) in [4.78, 5) is 14.5. The Morgan fingerprint density at radius 3 is 2.25 bits per heavy atom. The molecule has 2 fully saturated rings. The molecule has 0 amide bonds. The first-order valence-corrected chi connectivity index (χ1v) is 12.4. The molecule has 6 nitrogen and oxygen atoms in total. The van der Waals surface area contributed by atoms with Gasteiger partial charge in [0, 0.05) is 38.8 Å². The van der Waals surface area contributed by atoms with Crippen LogP contribution >= 0.6 is 12.2 Å². The summed E-state index contributed by atoms with van der Waals surface area (Å²) >= 11 is 5.57. The van der Waals surface area contributed by atoms with Crippen LogP contribution in [-0.4, -0.2) is 41.3 Å². The summed E-state index contributed by atoms with van der Waals surface area (Å²) in [5.74, 6) is 3.92. The predicted octanol–water partition coefficient (Wildman–Crippen LogP) is 4.74. The van der Waals surface area contributed by atoms with Crippen molar-refractivity contribution in [2.75, 3.05) is 41.3 Å². The van der Waals surface area contributed by atoms with Crippen LogP contribution in [-0.2, 0) is 6.54 Å². The SMILES string of the molecule is Cc1ccc(CNC(=S)Nc2nc(N3CCCCC3)cc(N3C[C@@H](C)C[C@H](C)C3)n2)cc1. The number of hydrogen-bond donors (Lipinski definition) is 2. The lowest BCUT2D eigenvalue weighted by Gasteiger charge is -2.36. The average Bonchev–Trinajstić information content (AvgIpc) is 2.78. The fraction of sp³-hybridized carbons (Fsp3) is 0.560. The molecule has 2 saturated heterocycles. The molecule has 0 bridgehead atoms.